The highest BCUT2D eigenvalue weighted by Crippen LogP contribution is 2.43. The maximum atomic E-state index is 13.5. The van der Waals surface area contributed by atoms with Gasteiger partial charge >= 0.3 is 6.18 Å². The fourth-order valence-corrected chi connectivity index (χ4v) is 3.67. The average Bonchev–Trinajstić information content (AvgIpc) is 2.60. The van der Waals surface area contributed by atoms with Crippen LogP contribution in [-0.2, 0) is 4.79 Å². The summed E-state index contributed by atoms with van der Waals surface area (Å²) >= 11 is 0. The molecule has 1 aromatic rings. The first-order chi connectivity index (χ1) is 13.0. The molecular weight excluding hydrogens is 375 g/mol. The van der Waals surface area contributed by atoms with Crippen LogP contribution in [0.2, 0.25) is 0 Å². The molecule has 2 saturated heterocycles. The van der Waals surface area contributed by atoms with E-state index in [0.29, 0.717) is 25.9 Å². The van der Waals surface area contributed by atoms with E-state index in [9.17, 15) is 23.1 Å². The van der Waals surface area contributed by atoms with E-state index in [4.69, 9.17) is 11.1 Å². The molecular formula is C18H22F3N5O2. The molecule has 2 fully saturated rings. The monoisotopic (exact) mass is 397 g/mol. The standard InChI is InChI=1S/C18H22F3N5O2/c1-10-2-3-12(24-9-10)26-6-4-11(5-7-26)15(22)14-16(23)25-13(27)8-17(14,28)18(19,20)21/h2-3,9,11,28H,4-8,22H2,1H3,(H2,23,25,27). The second kappa shape index (κ2) is 7.08. The Kier molecular flexibility index (Phi) is 5.09. The molecule has 0 radical (unpaired) electrons. The fraction of sp³-hybridized carbons (Fsp3) is 0.500. The first-order valence-electron chi connectivity index (χ1n) is 8.88. The lowest BCUT2D eigenvalue weighted by Gasteiger charge is -2.39. The second-order valence-corrected chi connectivity index (χ2v) is 7.24. The zero-order valence-electron chi connectivity index (χ0n) is 15.3. The van der Waals surface area contributed by atoms with Gasteiger partial charge in [-0.05, 0) is 31.4 Å². The minimum atomic E-state index is -5.12. The number of allylic oxidation sites excluding steroid dienone is 1. The van der Waals surface area contributed by atoms with Gasteiger partial charge in [0.15, 0.2) is 5.60 Å². The van der Waals surface area contributed by atoms with Crippen LogP contribution in [0.15, 0.2) is 29.6 Å². The number of nitrogens with two attached hydrogens (primary N) is 1. The van der Waals surface area contributed by atoms with Gasteiger partial charge in [0.25, 0.3) is 0 Å². The van der Waals surface area contributed by atoms with Crippen LogP contribution >= 0.6 is 0 Å². The van der Waals surface area contributed by atoms with Gasteiger partial charge in [0, 0.05) is 30.9 Å². The summed E-state index contributed by atoms with van der Waals surface area (Å²) in [6, 6.07) is 3.81. The Bertz CT molecular complexity index is 814. The number of rotatable bonds is 2. The van der Waals surface area contributed by atoms with Crippen LogP contribution in [0.4, 0.5) is 19.0 Å². The van der Waals surface area contributed by atoms with Crippen molar-refractivity contribution in [3.05, 3.63) is 35.2 Å². The van der Waals surface area contributed by atoms with Crippen molar-refractivity contribution < 1.29 is 23.1 Å². The molecule has 152 valence electrons. The van der Waals surface area contributed by atoms with Crippen LogP contribution in [0.5, 0.6) is 0 Å². The third kappa shape index (κ3) is 3.56. The number of aromatic nitrogens is 1. The maximum Gasteiger partial charge on any atom is 0.422 e. The Morgan fingerprint density at radius 1 is 1.39 bits per heavy atom. The number of nitrogens with zero attached hydrogens (tertiary/aromatic N) is 2. The van der Waals surface area contributed by atoms with Crippen LogP contribution in [0.1, 0.15) is 24.8 Å². The summed E-state index contributed by atoms with van der Waals surface area (Å²) in [6.07, 6.45) is -3.70. The van der Waals surface area contributed by atoms with Crippen molar-refractivity contribution in [2.45, 2.75) is 38.0 Å². The molecule has 2 aliphatic heterocycles. The van der Waals surface area contributed by atoms with Gasteiger partial charge in [-0.3, -0.25) is 10.2 Å². The maximum absolute atomic E-state index is 13.5. The van der Waals surface area contributed by atoms with Crippen molar-refractivity contribution in [3.63, 3.8) is 0 Å². The number of alkyl halides is 3. The molecule has 2 aliphatic rings. The number of carbonyl (C=O) groups is 1. The minimum absolute atomic E-state index is 0.193. The third-order valence-electron chi connectivity index (χ3n) is 5.26. The number of pyridine rings is 1. The molecule has 0 spiro atoms. The molecule has 28 heavy (non-hydrogen) atoms. The molecule has 5 N–H and O–H groups in total. The highest BCUT2D eigenvalue weighted by molar-refractivity contribution is 6.11. The van der Waals surface area contributed by atoms with Crippen molar-refractivity contribution in [1.82, 2.24) is 10.3 Å². The number of amides is 1. The highest BCUT2D eigenvalue weighted by atomic mass is 19.4. The van der Waals surface area contributed by atoms with E-state index in [1.807, 2.05) is 29.3 Å². The molecule has 1 amide bonds. The predicted molar refractivity (Wildman–Crippen MR) is 96.6 cm³/mol. The average molecular weight is 397 g/mol. The summed E-state index contributed by atoms with van der Waals surface area (Å²) in [7, 11) is 0. The second-order valence-electron chi connectivity index (χ2n) is 7.24. The lowest BCUT2D eigenvalue weighted by Crippen LogP contribution is -2.59. The molecule has 1 atom stereocenters. The Balaban J connectivity index is 1.84. The van der Waals surface area contributed by atoms with Crippen molar-refractivity contribution in [3.8, 4) is 0 Å². The molecule has 7 nitrogen and oxygen atoms in total. The van der Waals surface area contributed by atoms with Crippen LogP contribution in [0.3, 0.4) is 0 Å². The fourth-order valence-electron chi connectivity index (χ4n) is 3.67. The molecule has 0 bridgehead atoms. The SMILES string of the molecule is Cc1ccc(N2CCC(C(N)=C3C(=N)NC(=O)CC3(O)C(F)(F)F)CC2)nc1. The first-order valence-corrected chi connectivity index (χ1v) is 8.88. The van der Waals surface area contributed by atoms with E-state index in [1.165, 1.54) is 0 Å². The van der Waals surface area contributed by atoms with Crippen LogP contribution < -0.4 is 16.0 Å². The summed E-state index contributed by atoms with van der Waals surface area (Å²) in [5, 5.41) is 20.1. The molecule has 3 heterocycles. The van der Waals surface area contributed by atoms with Gasteiger partial charge in [0.2, 0.25) is 5.91 Å². The molecule has 0 aliphatic carbocycles. The number of aliphatic hydroxyl groups is 1. The summed E-state index contributed by atoms with van der Waals surface area (Å²) in [5.74, 6) is -1.53. The number of aryl methyl sites for hydroxylation is 1. The predicted octanol–water partition coefficient (Wildman–Crippen LogP) is 1.61. The number of nitrogens with one attached hydrogen (secondary N) is 2. The summed E-state index contributed by atoms with van der Waals surface area (Å²) in [6.45, 7) is 2.98. The third-order valence-corrected chi connectivity index (χ3v) is 5.26. The van der Waals surface area contributed by atoms with Crippen LogP contribution in [-0.4, -0.2) is 46.7 Å². The Labute approximate surface area is 159 Å². The summed E-state index contributed by atoms with van der Waals surface area (Å²) in [5.41, 5.74) is 2.66. The zero-order chi connectivity index (χ0) is 20.7. The number of hydrogen-bond acceptors (Lipinski definition) is 6. The van der Waals surface area contributed by atoms with E-state index >= 15 is 0 Å². The first kappa shape index (κ1) is 20.1. The normalized spacial score (nSPS) is 26.2. The molecule has 0 aromatic carbocycles. The number of carbonyl (C=O) groups excluding carboxylic acids is 1. The molecule has 0 saturated carbocycles. The van der Waals surface area contributed by atoms with Gasteiger partial charge in [0.05, 0.1) is 12.0 Å². The van der Waals surface area contributed by atoms with Gasteiger partial charge in [-0.1, -0.05) is 6.07 Å². The van der Waals surface area contributed by atoms with Crippen molar-refractivity contribution >= 4 is 17.6 Å². The number of hydrogen-bond donors (Lipinski definition) is 4. The largest absolute Gasteiger partial charge is 0.422 e. The van der Waals surface area contributed by atoms with E-state index in [0.717, 1.165) is 11.4 Å². The van der Waals surface area contributed by atoms with E-state index in [-0.39, 0.29) is 5.70 Å². The highest BCUT2D eigenvalue weighted by Gasteiger charge is 2.61. The van der Waals surface area contributed by atoms with Gasteiger partial charge < -0.3 is 21.1 Å². The van der Waals surface area contributed by atoms with Crippen molar-refractivity contribution in [1.29, 1.82) is 5.41 Å². The smallest absolute Gasteiger partial charge is 0.401 e. The van der Waals surface area contributed by atoms with Crippen LogP contribution in [0.25, 0.3) is 0 Å². The Morgan fingerprint density at radius 2 is 2.04 bits per heavy atom. The Hall–Kier alpha value is -2.62. The topological polar surface area (TPSA) is 115 Å². The van der Waals surface area contributed by atoms with Gasteiger partial charge in [-0.25, -0.2) is 4.98 Å². The van der Waals surface area contributed by atoms with E-state index < -0.39 is 41.4 Å². The Morgan fingerprint density at radius 3 is 2.57 bits per heavy atom. The molecule has 1 unspecified atom stereocenters. The molecule has 3 rings (SSSR count). The van der Waals surface area contributed by atoms with Gasteiger partial charge in [-0.2, -0.15) is 13.2 Å². The number of piperidine rings is 2. The van der Waals surface area contributed by atoms with Crippen molar-refractivity contribution in [2.24, 2.45) is 11.7 Å². The quantitative estimate of drug-likeness (QED) is 0.605. The molecule has 1 aromatic heterocycles. The summed E-state index contributed by atoms with van der Waals surface area (Å²) < 4.78 is 40.6. The minimum Gasteiger partial charge on any atom is -0.401 e. The molecule has 10 heteroatoms. The zero-order valence-corrected chi connectivity index (χ0v) is 15.3. The van der Waals surface area contributed by atoms with Crippen molar-refractivity contribution in [2.75, 3.05) is 18.0 Å². The van der Waals surface area contributed by atoms with Crippen LogP contribution in [0, 0.1) is 18.3 Å². The summed E-state index contributed by atoms with van der Waals surface area (Å²) in [4.78, 5) is 17.9. The number of anilines is 1. The van der Waals surface area contributed by atoms with E-state index in [2.05, 4.69) is 4.98 Å². The van der Waals surface area contributed by atoms with E-state index in [1.54, 1.807) is 6.20 Å². The number of amidine groups is 1. The van der Waals surface area contributed by atoms with Gasteiger partial charge in [-0.15, -0.1) is 0 Å². The van der Waals surface area contributed by atoms with Gasteiger partial charge in [0.1, 0.15) is 11.7 Å². The lowest BCUT2D eigenvalue weighted by atomic mass is 9.79. The lowest BCUT2D eigenvalue weighted by molar-refractivity contribution is -0.244. The number of halogens is 3.